The van der Waals surface area contributed by atoms with Crippen molar-refractivity contribution < 1.29 is 9.59 Å². The first kappa shape index (κ1) is 23.0. The van der Waals surface area contributed by atoms with E-state index in [-0.39, 0.29) is 18.2 Å². The lowest BCUT2D eigenvalue weighted by Crippen LogP contribution is -2.48. The molecule has 0 aromatic heterocycles. The smallest absolute Gasteiger partial charge is 0.242 e. The lowest BCUT2D eigenvalue weighted by Gasteiger charge is -2.29. The number of hydrogen-bond acceptors (Lipinski definition) is 2. The van der Waals surface area contributed by atoms with Crippen LogP contribution < -0.4 is 5.32 Å². The molecule has 0 spiro atoms. The molecule has 1 N–H and O–H groups in total. The number of carbonyl (C=O) groups excluding carboxylic acids is 2. The minimum Gasteiger partial charge on any atom is -0.354 e. The van der Waals surface area contributed by atoms with Gasteiger partial charge in [-0.1, -0.05) is 61.3 Å². The first-order valence-electron chi connectivity index (χ1n) is 10.0. The Labute approximate surface area is 179 Å². The predicted octanol–water partition coefficient (Wildman–Crippen LogP) is 4.69. The summed E-state index contributed by atoms with van der Waals surface area (Å²) < 4.78 is 0. The number of nitrogens with one attached hydrogen (secondary N) is 1. The number of rotatable bonds is 8. The van der Waals surface area contributed by atoms with Gasteiger partial charge in [-0.15, -0.1) is 0 Å². The summed E-state index contributed by atoms with van der Waals surface area (Å²) in [5.74, 6) is 0.143. The van der Waals surface area contributed by atoms with Crippen LogP contribution in [0.15, 0.2) is 42.5 Å². The van der Waals surface area contributed by atoms with Crippen molar-refractivity contribution in [3.63, 3.8) is 0 Å². The zero-order chi connectivity index (χ0) is 21.6. The average Bonchev–Trinajstić information content (AvgIpc) is 2.67. The van der Waals surface area contributed by atoms with Gasteiger partial charge in [-0.05, 0) is 55.5 Å². The monoisotopic (exact) mass is 414 g/mol. The second-order valence-corrected chi connectivity index (χ2v) is 8.51. The molecule has 1 atom stereocenters. The summed E-state index contributed by atoms with van der Waals surface area (Å²) in [6.45, 7) is 10.8. The maximum Gasteiger partial charge on any atom is 0.242 e. The van der Waals surface area contributed by atoms with Crippen molar-refractivity contribution in [1.29, 1.82) is 0 Å². The van der Waals surface area contributed by atoms with E-state index < -0.39 is 6.04 Å². The van der Waals surface area contributed by atoms with E-state index in [1.165, 1.54) is 0 Å². The highest BCUT2D eigenvalue weighted by atomic mass is 35.5. The van der Waals surface area contributed by atoms with E-state index >= 15 is 0 Å². The Kier molecular flexibility index (Phi) is 8.27. The molecule has 0 heterocycles. The molecule has 0 aliphatic carbocycles. The molecule has 0 aliphatic heterocycles. The van der Waals surface area contributed by atoms with Crippen LogP contribution in [0.3, 0.4) is 0 Å². The molecule has 2 aromatic rings. The summed E-state index contributed by atoms with van der Waals surface area (Å²) in [5.41, 5.74) is 4.12. The molecule has 0 unspecified atom stereocenters. The second-order valence-electron chi connectivity index (χ2n) is 8.07. The van der Waals surface area contributed by atoms with Crippen molar-refractivity contribution in [3.05, 3.63) is 69.7 Å². The highest BCUT2D eigenvalue weighted by molar-refractivity contribution is 6.30. The summed E-state index contributed by atoms with van der Waals surface area (Å²) in [6, 6.07) is 12.9. The van der Waals surface area contributed by atoms with Gasteiger partial charge in [0, 0.05) is 18.1 Å². The molecule has 2 rings (SSSR count). The quantitative estimate of drug-likeness (QED) is 0.681. The van der Waals surface area contributed by atoms with Crippen LogP contribution >= 0.6 is 11.6 Å². The summed E-state index contributed by atoms with van der Waals surface area (Å²) >= 11 is 5.99. The molecule has 2 amide bonds. The van der Waals surface area contributed by atoms with Crippen LogP contribution in [0.2, 0.25) is 5.02 Å². The van der Waals surface area contributed by atoms with Gasteiger partial charge in [0.15, 0.2) is 0 Å². The van der Waals surface area contributed by atoms with E-state index in [1.807, 2.05) is 58.0 Å². The number of aryl methyl sites for hydroxylation is 2. The van der Waals surface area contributed by atoms with Gasteiger partial charge < -0.3 is 10.2 Å². The molecule has 0 aliphatic rings. The van der Waals surface area contributed by atoms with Crippen molar-refractivity contribution >= 4 is 23.4 Å². The maximum atomic E-state index is 13.3. The van der Waals surface area contributed by atoms with Gasteiger partial charge in [0.1, 0.15) is 6.04 Å². The second kappa shape index (κ2) is 10.4. The number of benzene rings is 2. The fraction of sp³-hybridized carbons (Fsp3) is 0.417. The minimum absolute atomic E-state index is 0.0687. The van der Waals surface area contributed by atoms with Gasteiger partial charge >= 0.3 is 0 Å². The van der Waals surface area contributed by atoms with Crippen molar-refractivity contribution in [2.24, 2.45) is 5.92 Å². The van der Waals surface area contributed by atoms with Gasteiger partial charge in [0.05, 0.1) is 6.42 Å². The Morgan fingerprint density at radius 1 is 1.03 bits per heavy atom. The molecule has 2 aromatic carbocycles. The van der Waals surface area contributed by atoms with Crippen molar-refractivity contribution in [1.82, 2.24) is 10.2 Å². The molecular formula is C24H31ClN2O2. The Hall–Kier alpha value is -2.33. The maximum absolute atomic E-state index is 13.3. The molecule has 0 radical (unpaired) electrons. The molecular weight excluding hydrogens is 384 g/mol. The van der Waals surface area contributed by atoms with E-state index in [9.17, 15) is 9.59 Å². The first-order valence-corrected chi connectivity index (χ1v) is 10.4. The standard InChI is InChI=1S/C24H31ClN2O2/c1-16(2)14-26-24(29)19(5)27(15-20-8-10-22(25)11-9-20)23(28)13-21-12-17(3)6-7-18(21)4/h6-12,16,19H,13-15H2,1-5H3,(H,26,29)/t19-/m1/s1. The zero-order valence-corrected chi connectivity index (χ0v) is 18.7. The number of halogens is 1. The van der Waals surface area contributed by atoms with Crippen LogP contribution in [0.25, 0.3) is 0 Å². The fourth-order valence-electron chi connectivity index (χ4n) is 3.08. The van der Waals surface area contributed by atoms with E-state index in [0.29, 0.717) is 24.0 Å². The van der Waals surface area contributed by atoms with Gasteiger partial charge in [-0.25, -0.2) is 0 Å². The van der Waals surface area contributed by atoms with E-state index in [4.69, 9.17) is 11.6 Å². The van der Waals surface area contributed by atoms with Gasteiger partial charge in [-0.3, -0.25) is 9.59 Å². The Morgan fingerprint density at radius 3 is 2.31 bits per heavy atom. The summed E-state index contributed by atoms with van der Waals surface area (Å²) in [7, 11) is 0. The Balaban J connectivity index is 2.24. The summed E-state index contributed by atoms with van der Waals surface area (Å²) in [6.07, 6.45) is 0.267. The Morgan fingerprint density at radius 2 is 1.69 bits per heavy atom. The van der Waals surface area contributed by atoms with Crippen LogP contribution in [-0.2, 0) is 22.6 Å². The largest absolute Gasteiger partial charge is 0.354 e. The number of amides is 2. The van der Waals surface area contributed by atoms with E-state index in [1.54, 1.807) is 24.0 Å². The van der Waals surface area contributed by atoms with Crippen LogP contribution in [0.1, 0.15) is 43.0 Å². The number of carbonyl (C=O) groups is 2. The van der Waals surface area contributed by atoms with Gasteiger partial charge in [-0.2, -0.15) is 0 Å². The third kappa shape index (κ3) is 6.90. The zero-order valence-electron chi connectivity index (χ0n) is 18.0. The first-order chi connectivity index (χ1) is 13.7. The fourth-order valence-corrected chi connectivity index (χ4v) is 3.20. The summed E-state index contributed by atoms with van der Waals surface area (Å²) in [4.78, 5) is 27.6. The molecule has 0 saturated carbocycles. The molecule has 156 valence electrons. The van der Waals surface area contributed by atoms with Crippen LogP contribution in [0.4, 0.5) is 0 Å². The van der Waals surface area contributed by atoms with E-state index in [0.717, 1.165) is 22.3 Å². The molecule has 5 heteroatoms. The highest BCUT2D eigenvalue weighted by Crippen LogP contribution is 2.17. The topological polar surface area (TPSA) is 49.4 Å². The third-order valence-electron chi connectivity index (χ3n) is 4.96. The molecule has 0 bridgehead atoms. The molecule has 4 nitrogen and oxygen atoms in total. The average molecular weight is 415 g/mol. The molecule has 29 heavy (non-hydrogen) atoms. The lowest BCUT2D eigenvalue weighted by atomic mass is 10.0. The Bertz CT molecular complexity index is 846. The van der Waals surface area contributed by atoms with Crippen LogP contribution in [0.5, 0.6) is 0 Å². The highest BCUT2D eigenvalue weighted by Gasteiger charge is 2.26. The predicted molar refractivity (Wildman–Crippen MR) is 119 cm³/mol. The summed E-state index contributed by atoms with van der Waals surface area (Å²) in [5, 5.41) is 3.59. The van der Waals surface area contributed by atoms with Crippen LogP contribution in [-0.4, -0.2) is 29.3 Å². The third-order valence-corrected chi connectivity index (χ3v) is 5.22. The molecule has 0 fully saturated rings. The number of nitrogens with zero attached hydrogens (tertiary/aromatic N) is 1. The number of hydrogen-bond donors (Lipinski definition) is 1. The molecule has 0 saturated heterocycles. The van der Waals surface area contributed by atoms with Crippen molar-refractivity contribution in [2.45, 2.75) is 53.6 Å². The lowest BCUT2D eigenvalue weighted by molar-refractivity contribution is -0.140. The minimum atomic E-state index is -0.568. The van der Waals surface area contributed by atoms with Gasteiger partial charge in [0.2, 0.25) is 11.8 Å². The van der Waals surface area contributed by atoms with Crippen molar-refractivity contribution in [3.8, 4) is 0 Å². The van der Waals surface area contributed by atoms with Gasteiger partial charge in [0.25, 0.3) is 0 Å². The van der Waals surface area contributed by atoms with Crippen LogP contribution in [0, 0.1) is 19.8 Å². The normalized spacial score (nSPS) is 12.0. The van der Waals surface area contributed by atoms with E-state index in [2.05, 4.69) is 5.32 Å². The van der Waals surface area contributed by atoms with Crippen molar-refractivity contribution in [2.75, 3.05) is 6.54 Å². The SMILES string of the molecule is Cc1ccc(C)c(CC(=O)N(Cc2ccc(Cl)cc2)[C@H](C)C(=O)NCC(C)C)c1.